The topological polar surface area (TPSA) is 56.1 Å². The molecule has 5 heteroatoms. The van der Waals surface area contributed by atoms with Gasteiger partial charge < -0.3 is 10.2 Å². The molecule has 0 aliphatic carbocycles. The van der Waals surface area contributed by atoms with E-state index in [0.29, 0.717) is 22.2 Å². The van der Waals surface area contributed by atoms with Crippen LogP contribution < -0.4 is 10.2 Å². The minimum atomic E-state index is -0.442. The Morgan fingerprint density at radius 3 is 2.47 bits per heavy atom. The van der Waals surface area contributed by atoms with Gasteiger partial charge in [-0.1, -0.05) is 24.6 Å². The van der Waals surface area contributed by atoms with Crippen molar-refractivity contribution >= 4 is 35.0 Å². The summed E-state index contributed by atoms with van der Waals surface area (Å²) < 4.78 is 0. The molecule has 0 unspecified atom stereocenters. The van der Waals surface area contributed by atoms with Crippen LogP contribution in [0.4, 0.5) is 11.4 Å². The van der Waals surface area contributed by atoms with Gasteiger partial charge in [-0.3, -0.25) is 4.79 Å². The third-order valence-corrected chi connectivity index (χ3v) is 6.22. The summed E-state index contributed by atoms with van der Waals surface area (Å²) in [5, 5.41) is 13.0. The van der Waals surface area contributed by atoms with E-state index < -0.39 is 5.91 Å². The molecule has 30 heavy (non-hydrogen) atoms. The van der Waals surface area contributed by atoms with Crippen LogP contribution in [0.2, 0.25) is 5.02 Å². The van der Waals surface area contributed by atoms with E-state index in [4.69, 9.17) is 11.6 Å². The van der Waals surface area contributed by atoms with E-state index in [1.54, 1.807) is 6.08 Å². The van der Waals surface area contributed by atoms with Gasteiger partial charge in [-0.25, -0.2) is 0 Å². The lowest BCUT2D eigenvalue weighted by atomic mass is 9.80. The monoisotopic (exact) mass is 421 g/mol. The summed E-state index contributed by atoms with van der Waals surface area (Å²) >= 11 is 6.56. The molecule has 0 saturated carbocycles. The fourth-order valence-corrected chi connectivity index (χ4v) is 4.48. The number of anilines is 2. The Morgan fingerprint density at radius 2 is 1.87 bits per heavy atom. The summed E-state index contributed by atoms with van der Waals surface area (Å²) in [5.41, 5.74) is 5.79. The first kappa shape index (κ1) is 21.9. The number of carbonyl (C=O) groups excluding carboxylic acids is 1. The third-order valence-electron chi connectivity index (χ3n) is 5.90. The first-order valence-electron chi connectivity index (χ1n) is 10.1. The second-order valence-corrected chi connectivity index (χ2v) is 9.32. The third kappa shape index (κ3) is 4.37. The van der Waals surface area contributed by atoms with Gasteiger partial charge in [-0.05, 0) is 92.6 Å². The van der Waals surface area contributed by atoms with E-state index in [9.17, 15) is 10.1 Å². The Balaban J connectivity index is 1.95. The Kier molecular flexibility index (Phi) is 5.97. The average molecular weight is 422 g/mol. The zero-order valence-corrected chi connectivity index (χ0v) is 19.2. The molecule has 0 spiro atoms. The molecule has 1 amide bonds. The zero-order valence-electron chi connectivity index (χ0n) is 18.4. The largest absolute Gasteiger partial charge is 0.369 e. The summed E-state index contributed by atoms with van der Waals surface area (Å²) in [4.78, 5) is 15.0. The molecule has 0 aromatic heterocycles. The van der Waals surface area contributed by atoms with Crippen LogP contribution in [0.3, 0.4) is 0 Å². The van der Waals surface area contributed by atoms with Gasteiger partial charge in [0.1, 0.15) is 11.6 Å². The molecule has 1 aliphatic heterocycles. The number of nitrogens with one attached hydrogen (secondary N) is 1. The minimum absolute atomic E-state index is 0.0214. The number of carbonyl (C=O) groups is 1. The molecule has 0 saturated heterocycles. The standard InChI is InChI=1S/C25H28ClN3O/c1-15-7-16(2)9-20(8-15)28-24(30)19(14-27)10-18-11-21-17(3)13-25(4,5)29(6)23(21)12-22(18)26/h7-12,17H,13H2,1-6H3,(H,28,30)/b19-10-/t17-/m1/s1. The first-order valence-corrected chi connectivity index (χ1v) is 10.5. The molecule has 1 aliphatic rings. The normalized spacial score (nSPS) is 17.9. The molecular formula is C25H28ClN3O. The van der Waals surface area contributed by atoms with Crippen molar-refractivity contribution in [2.24, 2.45) is 0 Å². The molecule has 2 aromatic rings. The van der Waals surface area contributed by atoms with Crippen molar-refractivity contribution in [2.75, 3.05) is 17.3 Å². The highest BCUT2D eigenvalue weighted by Gasteiger charge is 2.34. The van der Waals surface area contributed by atoms with Crippen LogP contribution in [0.1, 0.15) is 55.4 Å². The highest BCUT2D eigenvalue weighted by molar-refractivity contribution is 6.32. The Bertz CT molecular complexity index is 1060. The highest BCUT2D eigenvalue weighted by atomic mass is 35.5. The average Bonchev–Trinajstić information content (AvgIpc) is 2.63. The number of halogens is 1. The Hall–Kier alpha value is -2.77. The zero-order chi connectivity index (χ0) is 22.2. The van der Waals surface area contributed by atoms with E-state index in [-0.39, 0.29) is 11.1 Å². The number of nitriles is 1. The molecule has 0 bridgehead atoms. The molecule has 4 nitrogen and oxygen atoms in total. The maximum Gasteiger partial charge on any atom is 0.266 e. The fourth-order valence-electron chi connectivity index (χ4n) is 4.26. The van der Waals surface area contributed by atoms with Gasteiger partial charge in [0, 0.05) is 29.0 Å². The van der Waals surface area contributed by atoms with Gasteiger partial charge in [-0.2, -0.15) is 5.26 Å². The van der Waals surface area contributed by atoms with Gasteiger partial charge >= 0.3 is 0 Å². The van der Waals surface area contributed by atoms with Gasteiger partial charge in [0.15, 0.2) is 0 Å². The van der Waals surface area contributed by atoms with Crippen molar-refractivity contribution in [3.63, 3.8) is 0 Å². The van der Waals surface area contributed by atoms with Crippen LogP contribution >= 0.6 is 11.6 Å². The predicted molar refractivity (Wildman–Crippen MR) is 125 cm³/mol. The summed E-state index contributed by atoms with van der Waals surface area (Å²) in [6.07, 6.45) is 2.59. The molecule has 3 rings (SSSR count). The van der Waals surface area contributed by atoms with Gasteiger partial charge in [0.25, 0.3) is 5.91 Å². The van der Waals surface area contributed by atoms with Crippen LogP contribution in [0.5, 0.6) is 0 Å². The molecule has 0 fully saturated rings. The SMILES string of the molecule is Cc1cc(C)cc(NC(=O)/C(C#N)=C\c2cc3c(cc2Cl)N(C)C(C)(C)C[C@H]3C)c1. The van der Waals surface area contributed by atoms with E-state index in [0.717, 1.165) is 23.2 Å². The maximum atomic E-state index is 12.7. The lowest BCUT2D eigenvalue weighted by Crippen LogP contribution is -2.45. The Morgan fingerprint density at radius 1 is 1.23 bits per heavy atom. The Labute approximate surface area is 184 Å². The molecule has 1 N–H and O–H groups in total. The molecule has 0 radical (unpaired) electrons. The number of fused-ring (bicyclic) bond motifs is 1. The molecular weight excluding hydrogens is 394 g/mol. The summed E-state index contributed by atoms with van der Waals surface area (Å²) in [6, 6.07) is 11.8. The van der Waals surface area contributed by atoms with Crippen molar-refractivity contribution in [1.82, 2.24) is 0 Å². The maximum absolute atomic E-state index is 12.7. The second-order valence-electron chi connectivity index (χ2n) is 8.91. The summed E-state index contributed by atoms with van der Waals surface area (Å²) in [5.74, 6) is -0.0900. The van der Waals surface area contributed by atoms with Crippen LogP contribution in [-0.4, -0.2) is 18.5 Å². The highest BCUT2D eigenvalue weighted by Crippen LogP contribution is 2.44. The quantitative estimate of drug-likeness (QED) is 0.472. The van der Waals surface area contributed by atoms with Gasteiger partial charge in [0.2, 0.25) is 0 Å². The van der Waals surface area contributed by atoms with Crippen molar-refractivity contribution in [2.45, 2.75) is 52.5 Å². The molecule has 1 heterocycles. The van der Waals surface area contributed by atoms with E-state index in [2.05, 4.69) is 38.0 Å². The van der Waals surface area contributed by atoms with Crippen molar-refractivity contribution in [3.05, 3.63) is 63.2 Å². The van der Waals surface area contributed by atoms with Crippen LogP contribution in [-0.2, 0) is 4.79 Å². The number of hydrogen-bond acceptors (Lipinski definition) is 3. The molecule has 2 aromatic carbocycles. The number of rotatable bonds is 3. The van der Waals surface area contributed by atoms with E-state index in [1.165, 1.54) is 5.56 Å². The number of hydrogen-bond donors (Lipinski definition) is 1. The summed E-state index contributed by atoms with van der Waals surface area (Å²) in [7, 11) is 2.08. The molecule has 1 atom stereocenters. The van der Waals surface area contributed by atoms with Crippen molar-refractivity contribution in [3.8, 4) is 6.07 Å². The lowest BCUT2D eigenvalue weighted by Gasteiger charge is -2.45. The van der Waals surface area contributed by atoms with E-state index in [1.807, 2.05) is 50.2 Å². The number of aryl methyl sites for hydroxylation is 2. The number of amides is 1. The number of nitrogens with zero attached hydrogens (tertiary/aromatic N) is 2. The van der Waals surface area contributed by atoms with E-state index >= 15 is 0 Å². The fraction of sp³-hybridized carbons (Fsp3) is 0.360. The predicted octanol–water partition coefficient (Wildman–Crippen LogP) is 6.22. The van der Waals surface area contributed by atoms with Crippen LogP contribution in [0.25, 0.3) is 6.08 Å². The molecule has 156 valence electrons. The van der Waals surface area contributed by atoms with Crippen LogP contribution in [0, 0.1) is 25.2 Å². The summed E-state index contributed by atoms with van der Waals surface area (Å²) in [6.45, 7) is 10.6. The first-order chi connectivity index (χ1) is 14.0. The second kappa shape index (κ2) is 8.16. The number of benzene rings is 2. The van der Waals surface area contributed by atoms with Gasteiger partial charge in [0.05, 0.1) is 0 Å². The van der Waals surface area contributed by atoms with Crippen LogP contribution in [0.15, 0.2) is 35.9 Å². The van der Waals surface area contributed by atoms with Crippen molar-refractivity contribution in [1.29, 1.82) is 5.26 Å². The van der Waals surface area contributed by atoms with Gasteiger partial charge in [-0.15, -0.1) is 0 Å². The lowest BCUT2D eigenvalue weighted by molar-refractivity contribution is -0.112. The van der Waals surface area contributed by atoms with Crippen molar-refractivity contribution < 1.29 is 4.79 Å². The smallest absolute Gasteiger partial charge is 0.266 e. The minimum Gasteiger partial charge on any atom is -0.369 e.